The second-order valence-electron chi connectivity index (χ2n) is 14.2. The Balaban J connectivity index is 0.886. The molecule has 4 heterocycles. The quantitative estimate of drug-likeness (QED) is 0.172. The van der Waals surface area contributed by atoms with Crippen LogP contribution in [0.3, 0.4) is 0 Å². The first-order valence-electron chi connectivity index (χ1n) is 18.8. The number of fused-ring (bicyclic) bond motifs is 6. The molecule has 4 nitrogen and oxygen atoms in total. The third-order valence-electron chi connectivity index (χ3n) is 10.8. The maximum Gasteiger partial charge on any atom is 0.227 e. The van der Waals surface area contributed by atoms with E-state index in [2.05, 4.69) is 162 Å². The molecule has 0 bridgehead atoms. The van der Waals surface area contributed by atoms with E-state index >= 15 is 0 Å². The van der Waals surface area contributed by atoms with E-state index in [4.69, 9.17) is 8.83 Å². The minimum Gasteiger partial charge on any atom is -0.454 e. The lowest BCUT2D eigenvalue weighted by atomic mass is 9.93. The van der Waals surface area contributed by atoms with Gasteiger partial charge in [-0.25, -0.2) is 4.98 Å². The summed E-state index contributed by atoms with van der Waals surface area (Å²) in [5.41, 5.74) is 18.0. The van der Waals surface area contributed by atoms with Crippen LogP contribution < -0.4 is 0 Å². The predicted octanol–water partition coefficient (Wildman–Crippen LogP) is 14.3. The molecule has 262 valence electrons. The van der Waals surface area contributed by atoms with Gasteiger partial charge >= 0.3 is 0 Å². The van der Waals surface area contributed by atoms with Crippen LogP contribution in [-0.2, 0) is 0 Å². The molecule has 7 aromatic carbocycles. The summed E-state index contributed by atoms with van der Waals surface area (Å²) in [6, 6.07) is 64.6. The molecule has 11 rings (SSSR count). The highest BCUT2D eigenvalue weighted by Crippen LogP contribution is 2.37. The van der Waals surface area contributed by atoms with Gasteiger partial charge in [0.05, 0.1) is 0 Å². The van der Waals surface area contributed by atoms with Gasteiger partial charge in [-0.3, -0.25) is 4.98 Å². The van der Waals surface area contributed by atoms with Crippen molar-refractivity contribution < 1.29 is 8.83 Å². The molecule has 0 fully saturated rings. The Labute approximate surface area is 323 Å². The normalized spacial score (nSPS) is 11.6. The van der Waals surface area contributed by atoms with Crippen molar-refractivity contribution in [3.05, 3.63) is 194 Å². The summed E-state index contributed by atoms with van der Waals surface area (Å²) in [6.07, 6.45) is 3.58. The molecule has 0 aliphatic rings. The topological polar surface area (TPSA) is 52.1 Å². The van der Waals surface area contributed by atoms with Crippen molar-refractivity contribution in [2.45, 2.75) is 0 Å². The highest BCUT2D eigenvalue weighted by Gasteiger charge is 2.13. The van der Waals surface area contributed by atoms with Crippen molar-refractivity contribution in [1.29, 1.82) is 0 Å². The van der Waals surface area contributed by atoms with Gasteiger partial charge in [-0.15, -0.1) is 0 Å². The van der Waals surface area contributed by atoms with E-state index < -0.39 is 0 Å². The Morgan fingerprint density at radius 2 is 0.661 bits per heavy atom. The van der Waals surface area contributed by atoms with Gasteiger partial charge in [0, 0.05) is 28.6 Å². The van der Waals surface area contributed by atoms with E-state index in [9.17, 15) is 0 Å². The SMILES string of the molecule is c1cc(-c2cccc(-c3cccc(-c4ccc5oc6ncccc6c5c4)c3)c2)cc(-c2cccc(-c3cccc(-c4ccc5oc6cccnc6c5c4)c3)c2)c1. The zero-order chi connectivity index (χ0) is 37.0. The summed E-state index contributed by atoms with van der Waals surface area (Å²) in [7, 11) is 0. The summed E-state index contributed by atoms with van der Waals surface area (Å²) in [5, 5.41) is 3.13. The lowest BCUT2D eigenvalue weighted by Crippen LogP contribution is -1.86. The molecule has 0 saturated heterocycles. The number of rotatable bonds is 6. The molecule has 0 unspecified atom stereocenters. The van der Waals surface area contributed by atoms with E-state index in [1.165, 1.54) is 44.5 Å². The Morgan fingerprint density at radius 1 is 0.268 bits per heavy atom. The van der Waals surface area contributed by atoms with E-state index in [1.807, 2.05) is 36.5 Å². The third kappa shape index (κ3) is 5.64. The lowest BCUT2D eigenvalue weighted by molar-refractivity contribution is 0.654. The lowest BCUT2D eigenvalue weighted by Gasteiger charge is -2.11. The standard InChI is InChI=1S/C52H32N2O2/c1-8-33(35-10-2-12-37(27-35)39-14-4-16-41(29-39)43-20-22-48-46(31-43)45-18-6-25-54-52(45)56-48)26-34(9-1)36-11-3-13-38(28-36)40-15-5-17-42(30-40)44-21-23-49-47(32-44)51-50(55-49)19-7-24-53-51/h1-32H. The number of hydrogen-bond acceptors (Lipinski definition) is 4. The van der Waals surface area contributed by atoms with Crippen LogP contribution in [0.2, 0.25) is 0 Å². The highest BCUT2D eigenvalue weighted by atomic mass is 16.3. The van der Waals surface area contributed by atoms with Crippen LogP contribution in [0.5, 0.6) is 0 Å². The van der Waals surface area contributed by atoms with E-state index in [-0.39, 0.29) is 0 Å². The van der Waals surface area contributed by atoms with Gasteiger partial charge in [-0.1, -0.05) is 103 Å². The Morgan fingerprint density at radius 3 is 1.14 bits per heavy atom. The molecule has 0 amide bonds. The number of nitrogens with zero attached hydrogens (tertiary/aromatic N) is 2. The van der Waals surface area contributed by atoms with E-state index in [0.717, 1.165) is 60.7 Å². The molecule has 0 aliphatic heterocycles. The molecule has 0 N–H and O–H groups in total. The number of hydrogen-bond donors (Lipinski definition) is 0. The summed E-state index contributed by atoms with van der Waals surface area (Å²) in [5.74, 6) is 0. The second kappa shape index (κ2) is 13.1. The fourth-order valence-electron chi connectivity index (χ4n) is 7.96. The van der Waals surface area contributed by atoms with Crippen molar-refractivity contribution in [2.24, 2.45) is 0 Å². The molecule has 4 heteroatoms. The fourth-order valence-corrected chi connectivity index (χ4v) is 7.96. The van der Waals surface area contributed by atoms with Crippen LogP contribution in [-0.4, -0.2) is 9.97 Å². The first-order valence-corrected chi connectivity index (χ1v) is 18.8. The summed E-state index contributed by atoms with van der Waals surface area (Å²) in [4.78, 5) is 8.98. The second-order valence-corrected chi connectivity index (χ2v) is 14.2. The molecular weight excluding hydrogens is 685 g/mol. The smallest absolute Gasteiger partial charge is 0.227 e. The Kier molecular flexibility index (Phi) is 7.46. The van der Waals surface area contributed by atoms with Crippen LogP contribution in [0.4, 0.5) is 0 Å². The van der Waals surface area contributed by atoms with Gasteiger partial charge in [0.15, 0.2) is 5.58 Å². The number of pyridine rings is 2. The first kappa shape index (κ1) is 31.9. The zero-order valence-electron chi connectivity index (χ0n) is 30.2. The Bertz CT molecular complexity index is 3060. The van der Waals surface area contributed by atoms with E-state index in [1.54, 1.807) is 6.20 Å². The van der Waals surface area contributed by atoms with Crippen molar-refractivity contribution in [1.82, 2.24) is 9.97 Å². The molecule has 0 atom stereocenters. The summed E-state index contributed by atoms with van der Waals surface area (Å²) < 4.78 is 12.0. The van der Waals surface area contributed by atoms with E-state index in [0.29, 0.717) is 5.71 Å². The molecule has 0 spiro atoms. The van der Waals surface area contributed by atoms with Crippen LogP contribution in [0.25, 0.3) is 111 Å². The number of aromatic nitrogens is 2. The maximum atomic E-state index is 6.03. The van der Waals surface area contributed by atoms with Gasteiger partial charge in [0.2, 0.25) is 5.71 Å². The molecule has 4 aromatic heterocycles. The summed E-state index contributed by atoms with van der Waals surface area (Å²) in [6.45, 7) is 0. The van der Waals surface area contributed by atoms with Crippen molar-refractivity contribution in [3.63, 3.8) is 0 Å². The third-order valence-corrected chi connectivity index (χ3v) is 10.8. The van der Waals surface area contributed by atoms with Crippen molar-refractivity contribution in [2.75, 3.05) is 0 Å². The van der Waals surface area contributed by atoms with Gasteiger partial charge in [-0.2, -0.15) is 0 Å². The molecule has 56 heavy (non-hydrogen) atoms. The zero-order valence-corrected chi connectivity index (χ0v) is 30.2. The Hall–Kier alpha value is -7.56. The van der Waals surface area contributed by atoms with Gasteiger partial charge in [0.1, 0.15) is 16.7 Å². The molecular formula is C52H32N2O2. The number of benzene rings is 7. The largest absolute Gasteiger partial charge is 0.454 e. The monoisotopic (exact) mass is 716 g/mol. The minimum atomic E-state index is 0.667. The van der Waals surface area contributed by atoms with Gasteiger partial charge < -0.3 is 8.83 Å². The summed E-state index contributed by atoms with van der Waals surface area (Å²) >= 11 is 0. The van der Waals surface area contributed by atoms with Crippen LogP contribution in [0.1, 0.15) is 0 Å². The molecule has 11 aromatic rings. The van der Waals surface area contributed by atoms with Crippen LogP contribution in [0.15, 0.2) is 203 Å². The van der Waals surface area contributed by atoms with Crippen molar-refractivity contribution >= 4 is 44.1 Å². The fraction of sp³-hybridized carbons (Fsp3) is 0. The van der Waals surface area contributed by atoms with Crippen LogP contribution in [0, 0.1) is 0 Å². The first-order chi connectivity index (χ1) is 27.7. The molecule has 0 saturated carbocycles. The average molecular weight is 717 g/mol. The van der Waals surface area contributed by atoms with Gasteiger partial charge in [-0.05, 0) is 146 Å². The molecule has 0 aliphatic carbocycles. The van der Waals surface area contributed by atoms with Crippen LogP contribution >= 0.6 is 0 Å². The minimum absolute atomic E-state index is 0.667. The predicted molar refractivity (Wildman–Crippen MR) is 229 cm³/mol. The molecule has 0 radical (unpaired) electrons. The highest BCUT2D eigenvalue weighted by molar-refractivity contribution is 6.05. The number of furan rings is 2. The average Bonchev–Trinajstić information content (AvgIpc) is 3.84. The maximum absolute atomic E-state index is 6.03. The van der Waals surface area contributed by atoms with Gasteiger partial charge in [0.25, 0.3) is 0 Å². The van der Waals surface area contributed by atoms with Crippen molar-refractivity contribution in [3.8, 4) is 66.8 Å².